The molecule has 0 atom stereocenters. The van der Waals surface area contributed by atoms with Gasteiger partial charge in [-0.25, -0.2) is 0 Å². The van der Waals surface area contributed by atoms with Gasteiger partial charge in [-0.3, -0.25) is 9.48 Å². The predicted molar refractivity (Wildman–Crippen MR) is 112 cm³/mol. The van der Waals surface area contributed by atoms with Crippen LogP contribution in [0.4, 0.5) is 5.82 Å². The zero-order valence-corrected chi connectivity index (χ0v) is 16.2. The number of nitrogens with one attached hydrogen (secondary N) is 1. The molecular formula is C23H26N4O. The van der Waals surface area contributed by atoms with Crippen molar-refractivity contribution in [2.45, 2.75) is 38.6 Å². The molecule has 144 valence electrons. The van der Waals surface area contributed by atoms with Crippen molar-refractivity contribution >= 4 is 22.5 Å². The number of nitrogens with zero attached hydrogens (tertiary/aromatic N) is 3. The van der Waals surface area contributed by atoms with Crippen LogP contribution in [0.2, 0.25) is 0 Å². The van der Waals surface area contributed by atoms with E-state index in [1.807, 2.05) is 23.0 Å². The van der Waals surface area contributed by atoms with E-state index in [2.05, 4.69) is 39.6 Å². The highest BCUT2D eigenvalue weighted by molar-refractivity contribution is 6.14. The van der Waals surface area contributed by atoms with Crippen molar-refractivity contribution in [3.8, 4) is 0 Å². The number of hydrogen-bond acceptors (Lipinski definition) is 3. The topological polar surface area (TPSA) is 50.2 Å². The first-order chi connectivity index (χ1) is 13.8. The first-order valence-electron chi connectivity index (χ1n) is 10.4. The van der Waals surface area contributed by atoms with E-state index in [9.17, 15) is 4.79 Å². The lowest BCUT2D eigenvalue weighted by Gasteiger charge is -2.13. The quantitative estimate of drug-likeness (QED) is 0.712. The minimum Gasteiger partial charge on any atom is -0.305 e. The zero-order chi connectivity index (χ0) is 18.9. The minimum absolute atomic E-state index is 0.0853. The first-order valence-corrected chi connectivity index (χ1v) is 10.4. The molecule has 3 aromatic rings. The van der Waals surface area contributed by atoms with Gasteiger partial charge in [0.2, 0.25) is 0 Å². The number of aromatic nitrogens is 2. The van der Waals surface area contributed by atoms with Crippen LogP contribution in [-0.4, -0.2) is 40.2 Å². The lowest BCUT2D eigenvalue weighted by atomic mass is 9.99. The SMILES string of the molecule is O=C(Nc1ccn(CCCN2CCCC2)n1)c1ccc2c3c(cccc13)CC2. The molecular weight excluding hydrogens is 348 g/mol. The number of amides is 1. The Balaban J connectivity index is 1.26. The van der Waals surface area contributed by atoms with Crippen LogP contribution in [0.3, 0.4) is 0 Å². The molecule has 0 radical (unpaired) electrons. The normalized spacial score (nSPS) is 16.1. The molecule has 2 heterocycles. The van der Waals surface area contributed by atoms with Crippen molar-refractivity contribution in [2.75, 3.05) is 25.0 Å². The lowest BCUT2D eigenvalue weighted by Crippen LogP contribution is -2.21. The van der Waals surface area contributed by atoms with E-state index in [-0.39, 0.29) is 5.91 Å². The molecule has 1 N–H and O–H groups in total. The molecule has 2 aromatic carbocycles. The summed E-state index contributed by atoms with van der Waals surface area (Å²) in [5, 5.41) is 9.83. The second-order valence-corrected chi connectivity index (χ2v) is 7.93. The van der Waals surface area contributed by atoms with Gasteiger partial charge in [-0.05, 0) is 79.7 Å². The molecule has 1 aromatic heterocycles. The maximum atomic E-state index is 12.9. The molecule has 5 heteroatoms. The van der Waals surface area contributed by atoms with Crippen LogP contribution < -0.4 is 5.32 Å². The highest BCUT2D eigenvalue weighted by atomic mass is 16.1. The number of hydrogen-bond donors (Lipinski definition) is 1. The lowest BCUT2D eigenvalue weighted by molar-refractivity contribution is 0.102. The maximum Gasteiger partial charge on any atom is 0.257 e. The third kappa shape index (κ3) is 3.31. The molecule has 28 heavy (non-hydrogen) atoms. The summed E-state index contributed by atoms with van der Waals surface area (Å²) in [7, 11) is 0. The van der Waals surface area contributed by atoms with E-state index in [0.717, 1.165) is 43.3 Å². The molecule has 1 aliphatic heterocycles. The van der Waals surface area contributed by atoms with Crippen LogP contribution in [0.15, 0.2) is 42.6 Å². The van der Waals surface area contributed by atoms with Crippen LogP contribution in [0.25, 0.3) is 10.8 Å². The molecule has 1 fully saturated rings. The number of carbonyl (C=O) groups is 1. The monoisotopic (exact) mass is 374 g/mol. The van der Waals surface area contributed by atoms with Crippen molar-refractivity contribution in [3.63, 3.8) is 0 Å². The Labute approximate surface area is 165 Å². The second-order valence-electron chi connectivity index (χ2n) is 7.93. The molecule has 0 spiro atoms. The van der Waals surface area contributed by atoms with Gasteiger partial charge < -0.3 is 10.2 Å². The Morgan fingerprint density at radius 1 is 1.00 bits per heavy atom. The van der Waals surface area contributed by atoms with Gasteiger partial charge >= 0.3 is 0 Å². The molecule has 5 nitrogen and oxygen atoms in total. The highest BCUT2D eigenvalue weighted by Gasteiger charge is 2.19. The Kier molecular flexibility index (Phi) is 4.61. The van der Waals surface area contributed by atoms with Crippen molar-refractivity contribution in [1.82, 2.24) is 14.7 Å². The molecule has 0 saturated carbocycles. The van der Waals surface area contributed by atoms with E-state index >= 15 is 0 Å². The van der Waals surface area contributed by atoms with Crippen LogP contribution in [0.1, 0.15) is 40.7 Å². The van der Waals surface area contributed by atoms with Crippen molar-refractivity contribution < 1.29 is 4.79 Å². The number of rotatable bonds is 6. The zero-order valence-electron chi connectivity index (χ0n) is 16.2. The number of benzene rings is 2. The third-order valence-corrected chi connectivity index (χ3v) is 6.06. The number of anilines is 1. The Bertz CT molecular complexity index is 1010. The van der Waals surface area contributed by atoms with Gasteiger partial charge in [-0.1, -0.05) is 24.3 Å². The summed E-state index contributed by atoms with van der Waals surface area (Å²) in [5.41, 5.74) is 3.43. The van der Waals surface area contributed by atoms with Crippen molar-refractivity contribution in [1.29, 1.82) is 0 Å². The standard InChI is InChI=1S/C23H26N4O/c28-23(20-10-9-18-8-7-17-5-3-6-19(20)22(17)18)24-21-11-16-27(25-21)15-4-14-26-12-1-2-13-26/h3,5-6,9-11,16H,1-2,4,7-8,12-15H2,(H,24,25,28). The molecule has 2 aliphatic rings. The van der Waals surface area contributed by atoms with Gasteiger partial charge in [-0.15, -0.1) is 0 Å². The maximum absolute atomic E-state index is 12.9. The van der Waals surface area contributed by atoms with E-state index in [0.29, 0.717) is 5.82 Å². The Morgan fingerprint density at radius 3 is 2.68 bits per heavy atom. The summed E-state index contributed by atoms with van der Waals surface area (Å²) < 4.78 is 1.93. The molecule has 1 amide bonds. The fourth-order valence-electron chi connectivity index (χ4n) is 4.64. The summed E-state index contributed by atoms with van der Waals surface area (Å²) in [5.74, 6) is 0.535. The number of aryl methyl sites for hydroxylation is 3. The molecule has 5 rings (SSSR count). The Morgan fingerprint density at radius 2 is 1.82 bits per heavy atom. The second kappa shape index (κ2) is 7.40. The summed E-state index contributed by atoms with van der Waals surface area (Å²) in [6.07, 6.45) is 7.83. The van der Waals surface area contributed by atoms with Crippen LogP contribution in [-0.2, 0) is 19.4 Å². The van der Waals surface area contributed by atoms with E-state index in [1.165, 1.54) is 42.4 Å². The largest absolute Gasteiger partial charge is 0.305 e. The fraction of sp³-hybridized carbons (Fsp3) is 0.391. The fourth-order valence-corrected chi connectivity index (χ4v) is 4.64. The highest BCUT2D eigenvalue weighted by Crippen LogP contribution is 2.33. The molecule has 1 saturated heterocycles. The molecule has 1 aliphatic carbocycles. The van der Waals surface area contributed by atoms with Crippen LogP contribution in [0.5, 0.6) is 0 Å². The molecule has 0 unspecified atom stereocenters. The van der Waals surface area contributed by atoms with Crippen molar-refractivity contribution in [2.24, 2.45) is 0 Å². The summed E-state index contributed by atoms with van der Waals surface area (Å²) in [6, 6.07) is 12.2. The average Bonchev–Trinajstić information content (AvgIpc) is 3.45. The van der Waals surface area contributed by atoms with Gasteiger partial charge in [0, 0.05) is 24.4 Å². The van der Waals surface area contributed by atoms with Gasteiger partial charge in [0.25, 0.3) is 5.91 Å². The first kappa shape index (κ1) is 17.4. The van der Waals surface area contributed by atoms with E-state index in [1.54, 1.807) is 0 Å². The van der Waals surface area contributed by atoms with Crippen LogP contribution in [0, 0.1) is 0 Å². The summed E-state index contributed by atoms with van der Waals surface area (Å²) in [6.45, 7) is 4.47. The Hall–Kier alpha value is -2.66. The van der Waals surface area contributed by atoms with Gasteiger partial charge in [-0.2, -0.15) is 5.10 Å². The van der Waals surface area contributed by atoms with E-state index < -0.39 is 0 Å². The molecule has 0 bridgehead atoms. The van der Waals surface area contributed by atoms with Gasteiger partial charge in [0.05, 0.1) is 0 Å². The predicted octanol–water partition coefficient (Wildman–Crippen LogP) is 3.87. The summed E-state index contributed by atoms with van der Waals surface area (Å²) >= 11 is 0. The average molecular weight is 374 g/mol. The van der Waals surface area contributed by atoms with Crippen molar-refractivity contribution in [3.05, 3.63) is 59.3 Å². The van der Waals surface area contributed by atoms with Gasteiger partial charge in [0.1, 0.15) is 0 Å². The van der Waals surface area contributed by atoms with Gasteiger partial charge in [0.15, 0.2) is 5.82 Å². The minimum atomic E-state index is -0.0853. The number of carbonyl (C=O) groups excluding carboxylic acids is 1. The van der Waals surface area contributed by atoms with Crippen LogP contribution >= 0.6 is 0 Å². The smallest absolute Gasteiger partial charge is 0.257 e. The van der Waals surface area contributed by atoms with E-state index in [4.69, 9.17) is 0 Å². The number of likely N-dealkylation sites (tertiary alicyclic amines) is 1. The summed E-state index contributed by atoms with van der Waals surface area (Å²) in [4.78, 5) is 15.4. The third-order valence-electron chi connectivity index (χ3n) is 6.06.